The number of aliphatic carboxylic acids is 1. The van der Waals surface area contributed by atoms with Gasteiger partial charge in [-0.2, -0.15) is 0 Å². The minimum atomic E-state index is -0.967. The second-order valence-electron chi connectivity index (χ2n) is 4.83. The van der Waals surface area contributed by atoms with Crippen LogP contribution in [0.1, 0.15) is 52.4 Å². The maximum absolute atomic E-state index is 12.1. The molecule has 0 bridgehead atoms. The molecule has 5 nitrogen and oxygen atoms in total. The van der Waals surface area contributed by atoms with Crippen LogP contribution in [-0.4, -0.2) is 40.6 Å². The van der Waals surface area contributed by atoms with Crippen molar-refractivity contribution >= 4 is 12.0 Å². The molecular formula is C13H24N2O3. The predicted octanol–water partition coefficient (Wildman–Crippen LogP) is 2.21. The number of hydrogen-bond donors (Lipinski definition) is 2. The number of carbonyl (C=O) groups excluding carboxylic acids is 1. The molecular weight excluding hydrogens is 232 g/mol. The highest BCUT2D eigenvalue weighted by Gasteiger charge is 2.26. The van der Waals surface area contributed by atoms with Crippen molar-refractivity contribution in [1.29, 1.82) is 0 Å². The summed E-state index contributed by atoms with van der Waals surface area (Å²) in [5.41, 5.74) is 0. The van der Waals surface area contributed by atoms with Crippen molar-refractivity contribution < 1.29 is 14.7 Å². The van der Waals surface area contributed by atoms with Gasteiger partial charge < -0.3 is 15.3 Å². The fourth-order valence-electron chi connectivity index (χ4n) is 2.53. The highest BCUT2D eigenvalue weighted by Crippen LogP contribution is 2.22. The number of hydrogen-bond acceptors (Lipinski definition) is 2. The van der Waals surface area contributed by atoms with E-state index >= 15 is 0 Å². The standard InChI is InChI=1S/C13H24N2O3/c1-3-11(12(16)17)14-13(18)15(4-2)10-8-6-5-7-9-10/h10-11H,3-9H2,1-2H3,(H,14,18)(H,16,17)/t11-/m1/s1. The fraction of sp³-hybridized carbons (Fsp3) is 0.846. The highest BCUT2D eigenvalue weighted by atomic mass is 16.4. The summed E-state index contributed by atoms with van der Waals surface area (Å²) < 4.78 is 0. The fourth-order valence-corrected chi connectivity index (χ4v) is 2.53. The van der Waals surface area contributed by atoms with Gasteiger partial charge in [0.15, 0.2) is 0 Å². The first-order valence-electron chi connectivity index (χ1n) is 6.90. The predicted molar refractivity (Wildman–Crippen MR) is 69.5 cm³/mol. The summed E-state index contributed by atoms with van der Waals surface area (Å²) in [6.07, 6.45) is 6.02. The van der Waals surface area contributed by atoms with E-state index in [4.69, 9.17) is 5.11 Å². The number of nitrogens with zero attached hydrogens (tertiary/aromatic N) is 1. The smallest absolute Gasteiger partial charge is 0.326 e. The number of amides is 2. The van der Waals surface area contributed by atoms with Gasteiger partial charge in [-0.25, -0.2) is 9.59 Å². The molecule has 1 rings (SSSR count). The summed E-state index contributed by atoms with van der Waals surface area (Å²) in [5.74, 6) is -0.967. The number of carboxylic acids is 1. The molecule has 2 amide bonds. The van der Waals surface area contributed by atoms with Crippen LogP contribution in [0.2, 0.25) is 0 Å². The van der Waals surface area contributed by atoms with Gasteiger partial charge in [-0.15, -0.1) is 0 Å². The Labute approximate surface area is 109 Å². The third kappa shape index (κ3) is 3.89. The van der Waals surface area contributed by atoms with E-state index in [-0.39, 0.29) is 12.1 Å². The Kier molecular flexibility index (Phi) is 5.95. The quantitative estimate of drug-likeness (QED) is 0.792. The van der Waals surface area contributed by atoms with E-state index < -0.39 is 12.0 Å². The molecule has 0 radical (unpaired) electrons. The molecule has 0 aromatic heterocycles. The molecule has 1 atom stereocenters. The molecule has 0 aromatic carbocycles. The molecule has 0 spiro atoms. The maximum Gasteiger partial charge on any atom is 0.326 e. The molecule has 1 fully saturated rings. The van der Waals surface area contributed by atoms with Gasteiger partial charge in [-0.05, 0) is 26.2 Å². The van der Waals surface area contributed by atoms with Gasteiger partial charge in [0.2, 0.25) is 0 Å². The van der Waals surface area contributed by atoms with Crippen molar-refractivity contribution in [2.45, 2.75) is 64.5 Å². The van der Waals surface area contributed by atoms with Gasteiger partial charge in [0.25, 0.3) is 0 Å². The first-order chi connectivity index (χ1) is 8.60. The van der Waals surface area contributed by atoms with E-state index in [2.05, 4.69) is 5.32 Å². The van der Waals surface area contributed by atoms with E-state index in [0.717, 1.165) is 25.7 Å². The lowest BCUT2D eigenvalue weighted by Gasteiger charge is -2.34. The van der Waals surface area contributed by atoms with E-state index in [1.165, 1.54) is 6.42 Å². The van der Waals surface area contributed by atoms with Crippen LogP contribution in [0, 0.1) is 0 Å². The summed E-state index contributed by atoms with van der Waals surface area (Å²) in [7, 11) is 0. The zero-order chi connectivity index (χ0) is 13.5. The van der Waals surface area contributed by atoms with Crippen LogP contribution in [0.5, 0.6) is 0 Å². The van der Waals surface area contributed by atoms with Crippen molar-refractivity contribution in [3.05, 3.63) is 0 Å². The normalized spacial score (nSPS) is 18.1. The van der Waals surface area contributed by atoms with Crippen molar-refractivity contribution in [3.63, 3.8) is 0 Å². The Bertz CT molecular complexity index is 288. The van der Waals surface area contributed by atoms with Crippen LogP contribution in [0.3, 0.4) is 0 Å². The molecule has 0 saturated heterocycles. The van der Waals surface area contributed by atoms with Crippen molar-refractivity contribution in [3.8, 4) is 0 Å². The Morgan fingerprint density at radius 1 is 1.28 bits per heavy atom. The Morgan fingerprint density at radius 3 is 2.33 bits per heavy atom. The average Bonchev–Trinajstić information content (AvgIpc) is 2.37. The molecule has 0 unspecified atom stereocenters. The number of carboxylic acid groups (broad SMARTS) is 1. The molecule has 0 heterocycles. The molecule has 1 aliphatic rings. The largest absolute Gasteiger partial charge is 0.480 e. The van der Waals surface area contributed by atoms with Gasteiger partial charge in [0.1, 0.15) is 6.04 Å². The second-order valence-corrected chi connectivity index (χ2v) is 4.83. The van der Waals surface area contributed by atoms with Crippen LogP contribution in [-0.2, 0) is 4.79 Å². The average molecular weight is 256 g/mol. The highest BCUT2D eigenvalue weighted by molar-refractivity contribution is 5.82. The molecule has 5 heteroatoms. The summed E-state index contributed by atoms with van der Waals surface area (Å²) in [5, 5.41) is 11.6. The SMILES string of the molecule is CC[C@@H](NC(=O)N(CC)C1CCCCC1)C(=O)O. The van der Waals surface area contributed by atoms with Crippen molar-refractivity contribution in [1.82, 2.24) is 10.2 Å². The molecule has 2 N–H and O–H groups in total. The van der Waals surface area contributed by atoms with Gasteiger partial charge in [-0.3, -0.25) is 0 Å². The Hall–Kier alpha value is -1.26. The topological polar surface area (TPSA) is 69.6 Å². The Balaban J connectivity index is 2.57. The second kappa shape index (κ2) is 7.24. The van der Waals surface area contributed by atoms with E-state index in [0.29, 0.717) is 13.0 Å². The maximum atomic E-state index is 12.1. The summed E-state index contributed by atoms with van der Waals surface area (Å²) in [4.78, 5) is 24.8. The van der Waals surface area contributed by atoms with E-state index in [1.54, 1.807) is 11.8 Å². The molecule has 104 valence electrons. The lowest BCUT2D eigenvalue weighted by Crippen LogP contribution is -2.51. The van der Waals surface area contributed by atoms with Gasteiger partial charge in [0, 0.05) is 12.6 Å². The van der Waals surface area contributed by atoms with Crippen LogP contribution in [0.15, 0.2) is 0 Å². The van der Waals surface area contributed by atoms with Crippen LogP contribution in [0.25, 0.3) is 0 Å². The van der Waals surface area contributed by atoms with Crippen molar-refractivity contribution in [2.75, 3.05) is 6.54 Å². The minimum absolute atomic E-state index is 0.237. The number of nitrogens with one attached hydrogen (secondary N) is 1. The number of urea groups is 1. The summed E-state index contributed by atoms with van der Waals surface area (Å²) >= 11 is 0. The van der Waals surface area contributed by atoms with E-state index in [1.807, 2.05) is 6.92 Å². The zero-order valence-corrected chi connectivity index (χ0v) is 11.3. The van der Waals surface area contributed by atoms with Crippen LogP contribution < -0.4 is 5.32 Å². The summed E-state index contributed by atoms with van der Waals surface area (Å²) in [6, 6.07) is -0.746. The summed E-state index contributed by atoms with van der Waals surface area (Å²) in [6.45, 7) is 4.33. The molecule has 1 saturated carbocycles. The monoisotopic (exact) mass is 256 g/mol. The third-order valence-electron chi connectivity index (χ3n) is 3.62. The molecule has 18 heavy (non-hydrogen) atoms. The lowest BCUT2D eigenvalue weighted by molar-refractivity contribution is -0.139. The molecule has 1 aliphatic carbocycles. The first kappa shape index (κ1) is 14.8. The molecule has 0 aromatic rings. The van der Waals surface area contributed by atoms with E-state index in [9.17, 15) is 9.59 Å². The van der Waals surface area contributed by atoms with Gasteiger partial charge >= 0.3 is 12.0 Å². The number of carbonyl (C=O) groups is 2. The Morgan fingerprint density at radius 2 is 1.89 bits per heavy atom. The lowest BCUT2D eigenvalue weighted by atomic mass is 9.94. The van der Waals surface area contributed by atoms with Crippen LogP contribution in [0.4, 0.5) is 4.79 Å². The molecule has 0 aliphatic heterocycles. The minimum Gasteiger partial charge on any atom is -0.480 e. The van der Waals surface area contributed by atoms with Gasteiger partial charge in [0.05, 0.1) is 0 Å². The first-order valence-corrected chi connectivity index (χ1v) is 6.90. The van der Waals surface area contributed by atoms with Gasteiger partial charge in [-0.1, -0.05) is 26.2 Å². The van der Waals surface area contributed by atoms with Crippen LogP contribution >= 0.6 is 0 Å². The number of rotatable bonds is 5. The zero-order valence-electron chi connectivity index (χ0n) is 11.3. The van der Waals surface area contributed by atoms with Crippen molar-refractivity contribution in [2.24, 2.45) is 0 Å². The third-order valence-corrected chi connectivity index (χ3v) is 3.62.